The second-order valence-corrected chi connectivity index (χ2v) is 7.92. The van der Waals surface area contributed by atoms with Gasteiger partial charge in [0, 0.05) is 26.2 Å². The maximum Gasteiger partial charge on any atom is 0.191 e. The molecule has 2 fully saturated rings. The van der Waals surface area contributed by atoms with Crippen LogP contribution in [0.1, 0.15) is 75.9 Å². The summed E-state index contributed by atoms with van der Waals surface area (Å²) in [6.07, 6.45) is 13.1. The molecule has 1 aromatic heterocycles. The molecule has 3 rings (SSSR count). The van der Waals surface area contributed by atoms with Crippen molar-refractivity contribution >= 4 is 29.9 Å². The maximum absolute atomic E-state index is 6.02. The Morgan fingerprint density at radius 2 is 1.82 bits per heavy atom. The van der Waals surface area contributed by atoms with Crippen LogP contribution in [0.5, 0.6) is 0 Å². The molecule has 8 heteroatoms. The monoisotopic (exact) mass is 504 g/mol. The summed E-state index contributed by atoms with van der Waals surface area (Å²) in [5.74, 6) is 2.69. The van der Waals surface area contributed by atoms with E-state index in [0.29, 0.717) is 18.7 Å². The van der Waals surface area contributed by atoms with Gasteiger partial charge in [-0.25, -0.2) is 4.99 Å². The van der Waals surface area contributed by atoms with Crippen molar-refractivity contribution in [2.24, 2.45) is 12.0 Å². The van der Waals surface area contributed by atoms with Gasteiger partial charge >= 0.3 is 0 Å². The van der Waals surface area contributed by atoms with E-state index in [0.717, 1.165) is 37.2 Å². The standard InChI is InChI=1S/C20H36N6O.HI/c1-16-24-25-19(26(16)2)15-22-20(23-17-9-6-7-10-17)21-13-8-14-27-18-11-4-3-5-12-18;/h17-18H,3-15H2,1-2H3,(H2,21,22,23);1H. The highest BCUT2D eigenvalue weighted by Gasteiger charge is 2.17. The molecule has 1 heterocycles. The molecule has 0 bridgehead atoms. The minimum atomic E-state index is 0. The van der Waals surface area contributed by atoms with Crippen LogP contribution < -0.4 is 10.6 Å². The highest BCUT2D eigenvalue weighted by molar-refractivity contribution is 14.0. The van der Waals surface area contributed by atoms with Gasteiger partial charge in [0.2, 0.25) is 0 Å². The van der Waals surface area contributed by atoms with Crippen LogP contribution in [0.2, 0.25) is 0 Å². The third kappa shape index (κ3) is 7.50. The van der Waals surface area contributed by atoms with E-state index in [-0.39, 0.29) is 24.0 Å². The summed E-state index contributed by atoms with van der Waals surface area (Å²) in [4.78, 5) is 4.75. The van der Waals surface area contributed by atoms with Gasteiger partial charge in [-0.05, 0) is 39.0 Å². The average molecular weight is 504 g/mol. The van der Waals surface area contributed by atoms with Crippen molar-refractivity contribution in [2.45, 2.75) is 89.8 Å². The Labute approximate surface area is 186 Å². The summed E-state index contributed by atoms with van der Waals surface area (Å²) in [5.41, 5.74) is 0. The van der Waals surface area contributed by atoms with E-state index in [1.165, 1.54) is 57.8 Å². The molecule has 0 amide bonds. The zero-order valence-corrected chi connectivity index (χ0v) is 19.8. The molecular formula is C20H37IN6O. The normalized spacial score (nSPS) is 18.9. The highest BCUT2D eigenvalue weighted by Crippen LogP contribution is 2.20. The lowest BCUT2D eigenvalue weighted by Crippen LogP contribution is -2.43. The van der Waals surface area contributed by atoms with Gasteiger partial charge in [-0.15, -0.1) is 34.2 Å². The topological polar surface area (TPSA) is 76.4 Å². The fourth-order valence-electron chi connectivity index (χ4n) is 3.92. The van der Waals surface area contributed by atoms with Gasteiger partial charge in [0.1, 0.15) is 12.4 Å². The van der Waals surface area contributed by atoms with Gasteiger partial charge in [0.05, 0.1) is 6.10 Å². The Morgan fingerprint density at radius 3 is 2.50 bits per heavy atom. The van der Waals surface area contributed by atoms with Crippen LogP contribution in [0.25, 0.3) is 0 Å². The molecule has 7 nitrogen and oxygen atoms in total. The van der Waals surface area contributed by atoms with E-state index < -0.39 is 0 Å². The van der Waals surface area contributed by atoms with Crippen molar-refractivity contribution in [2.75, 3.05) is 13.2 Å². The van der Waals surface area contributed by atoms with Gasteiger partial charge in [0.15, 0.2) is 11.8 Å². The van der Waals surface area contributed by atoms with E-state index in [1.807, 2.05) is 18.5 Å². The number of aromatic nitrogens is 3. The Kier molecular flexibility index (Phi) is 10.5. The lowest BCUT2D eigenvalue weighted by molar-refractivity contribution is 0.0277. The number of aliphatic imine (C=N–C) groups is 1. The molecule has 2 aliphatic carbocycles. The number of hydrogen-bond acceptors (Lipinski definition) is 4. The van der Waals surface area contributed by atoms with E-state index >= 15 is 0 Å². The molecule has 0 aliphatic heterocycles. The molecule has 2 aliphatic rings. The minimum absolute atomic E-state index is 0. The molecule has 2 N–H and O–H groups in total. The molecule has 0 aromatic carbocycles. The van der Waals surface area contributed by atoms with E-state index in [1.54, 1.807) is 0 Å². The first kappa shape index (κ1) is 23.4. The van der Waals surface area contributed by atoms with Crippen LogP contribution in [0.4, 0.5) is 0 Å². The van der Waals surface area contributed by atoms with Crippen molar-refractivity contribution in [3.05, 3.63) is 11.6 Å². The zero-order valence-electron chi connectivity index (χ0n) is 17.5. The number of hydrogen-bond donors (Lipinski definition) is 2. The molecular weight excluding hydrogens is 467 g/mol. The first-order valence-corrected chi connectivity index (χ1v) is 10.7. The van der Waals surface area contributed by atoms with Crippen LogP contribution in [0, 0.1) is 6.92 Å². The highest BCUT2D eigenvalue weighted by atomic mass is 127. The van der Waals surface area contributed by atoms with Crippen LogP contribution >= 0.6 is 24.0 Å². The van der Waals surface area contributed by atoms with Gasteiger partial charge in [-0.1, -0.05) is 32.1 Å². The molecule has 0 spiro atoms. The maximum atomic E-state index is 6.02. The molecule has 1 aromatic rings. The van der Waals surface area contributed by atoms with Gasteiger partial charge < -0.3 is 19.9 Å². The summed E-state index contributed by atoms with van der Waals surface area (Å²) in [7, 11) is 1.99. The van der Waals surface area contributed by atoms with Crippen LogP contribution in [-0.2, 0) is 18.3 Å². The van der Waals surface area contributed by atoms with E-state index in [9.17, 15) is 0 Å². The van der Waals surface area contributed by atoms with Crippen molar-refractivity contribution in [3.8, 4) is 0 Å². The molecule has 0 unspecified atom stereocenters. The van der Waals surface area contributed by atoms with E-state index in [2.05, 4.69) is 20.8 Å². The third-order valence-corrected chi connectivity index (χ3v) is 5.78. The number of nitrogens with zero attached hydrogens (tertiary/aromatic N) is 4. The SMILES string of the molecule is Cc1nnc(CN=C(NCCCOC2CCCCC2)NC2CCCC2)n1C.I. The number of halogens is 1. The molecule has 28 heavy (non-hydrogen) atoms. The first-order valence-electron chi connectivity index (χ1n) is 10.7. The number of ether oxygens (including phenoxy) is 1. The Hall–Kier alpha value is -0.900. The number of nitrogens with one attached hydrogen (secondary N) is 2. The van der Waals surface area contributed by atoms with E-state index in [4.69, 9.17) is 9.73 Å². The molecule has 0 saturated heterocycles. The Bertz CT molecular complexity index is 594. The molecule has 160 valence electrons. The Balaban J connectivity index is 0.00000280. The Morgan fingerprint density at radius 1 is 1.11 bits per heavy atom. The smallest absolute Gasteiger partial charge is 0.191 e. The second kappa shape index (κ2) is 12.6. The summed E-state index contributed by atoms with van der Waals surface area (Å²) in [6, 6.07) is 0.538. The largest absolute Gasteiger partial charge is 0.378 e. The fourth-order valence-corrected chi connectivity index (χ4v) is 3.92. The fraction of sp³-hybridized carbons (Fsp3) is 0.850. The predicted octanol–water partition coefficient (Wildman–Crippen LogP) is 3.46. The lowest BCUT2D eigenvalue weighted by Gasteiger charge is -2.22. The average Bonchev–Trinajstić information content (AvgIpc) is 3.31. The van der Waals surface area contributed by atoms with Crippen molar-refractivity contribution in [3.63, 3.8) is 0 Å². The molecule has 0 radical (unpaired) electrons. The van der Waals surface area contributed by atoms with Crippen LogP contribution in [0.15, 0.2) is 4.99 Å². The summed E-state index contributed by atoms with van der Waals surface area (Å²) >= 11 is 0. The third-order valence-electron chi connectivity index (χ3n) is 5.78. The lowest BCUT2D eigenvalue weighted by atomic mass is 9.98. The minimum Gasteiger partial charge on any atom is -0.378 e. The second-order valence-electron chi connectivity index (χ2n) is 7.92. The quantitative estimate of drug-likeness (QED) is 0.246. The number of rotatable bonds is 8. The van der Waals surface area contributed by atoms with Gasteiger partial charge in [0.25, 0.3) is 0 Å². The number of guanidine groups is 1. The van der Waals surface area contributed by atoms with Gasteiger partial charge in [-0.2, -0.15) is 0 Å². The summed E-state index contributed by atoms with van der Waals surface area (Å²) in [5, 5.41) is 15.4. The van der Waals surface area contributed by atoms with Crippen molar-refractivity contribution in [1.82, 2.24) is 25.4 Å². The summed E-state index contributed by atoms with van der Waals surface area (Å²) < 4.78 is 8.02. The van der Waals surface area contributed by atoms with Crippen LogP contribution in [-0.4, -0.2) is 46.0 Å². The van der Waals surface area contributed by atoms with Gasteiger partial charge in [-0.3, -0.25) is 0 Å². The van der Waals surface area contributed by atoms with Crippen molar-refractivity contribution < 1.29 is 4.74 Å². The first-order chi connectivity index (χ1) is 13.2. The van der Waals surface area contributed by atoms with Crippen LogP contribution in [0.3, 0.4) is 0 Å². The zero-order chi connectivity index (χ0) is 18.9. The van der Waals surface area contributed by atoms with Crippen molar-refractivity contribution in [1.29, 1.82) is 0 Å². The molecule has 2 saturated carbocycles. The summed E-state index contributed by atoms with van der Waals surface area (Å²) in [6.45, 7) is 4.21. The number of aryl methyl sites for hydroxylation is 1. The predicted molar refractivity (Wildman–Crippen MR) is 123 cm³/mol. The molecule has 0 atom stereocenters.